The number of nitrogens with zero attached hydrogens (tertiary/aromatic N) is 4. The molecule has 0 spiro atoms. The second kappa shape index (κ2) is 4.75. The Kier molecular flexibility index (Phi) is 3.57. The van der Waals surface area contributed by atoms with Crippen molar-refractivity contribution >= 4 is 0 Å². The number of halogens is 3. The van der Waals surface area contributed by atoms with Gasteiger partial charge in [-0.2, -0.15) is 13.2 Å². The van der Waals surface area contributed by atoms with Gasteiger partial charge in [-0.25, -0.2) is 0 Å². The summed E-state index contributed by atoms with van der Waals surface area (Å²) in [7, 11) is 1.72. The highest BCUT2D eigenvalue weighted by atomic mass is 19.4. The van der Waals surface area contributed by atoms with E-state index in [4.69, 9.17) is 4.74 Å². The molecule has 8 heteroatoms. The van der Waals surface area contributed by atoms with Gasteiger partial charge in [-0.1, -0.05) is 5.21 Å². The maximum absolute atomic E-state index is 12.8. The minimum Gasteiger partial charge on any atom is -0.360 e. The van der Waals surface area contributed by atoms with Gasteiger partial charge in [0.25, 0.3) is 0 Å². The van der Waals surface area contributed by atoms with Crippen molar-refractivity contribution in [1.82, 2.24) is 19.9 Å². The lowest BCUT2D eigenvalue weighted by atomic mass is 10.0. The highest BCUT2D eigenvalue weighted by molar-refractivity contribution is 4.96. The minimum absolute atomic E-state index is 0.169. The molecule has 2 rings (SSSR count). The van der Waals surface area contributed by atoms with Crippen LogP contribution in [0.3, 0.4) is 0 Å². The van der Waals surface area contributed by atoms with E-state index in [2.05, 4.69) is 10.3 Å². The third-order valence-corrected chi connectivity index (χ3v) is 3.05. The molecule has 5 nitrogen and oxygen atoms in total. The molecular weight excluding hydrogens is 261 g/mol. The quantitative estimate of drug-likeness (QED) is 0.819. The fourth-order valence-corrected chi connectivity index (χ4v) is 2.27. The number of alkyl halides is 3. The summed E-state index contributed by atoms with van der Waals surface area (Å²) in [5, 5.41) is 7.50. The molecule has 1 fully saturated rings. The Balaban J connectivity index is 2.10. The Morgan fingerprint density at radius 3 is 2.68 bits per heavy atom. The number of rotatable bonds is 2. The lowest BCUT2D eigenvalue weighted by molar-refractivity contribution is -0.273. The molecule has 1 aromatic rings. The van der Waals surface area contributed by atoms with Gasteiger partial charge in [-0.15, -0.1) is 5.10 Å². The van der Waals surface area contributed by atoms with Gasteiger partial charge in [0, 0.05) is 26.7 Å². The van der Waals surface area contributed by atoms with Gasteiger partial charge >= 0.3 is 6.18 Å². The molecule has 1 unspecified atom stereocenters. The van der Waals surface area contributed by atoms with Crippen LogP contribution in [0.4, 0.5) is 13.2 Å². The largest absolute Gasteiger partial charge is 0.415 e. The summed E-state index contributed by atoms with van der Waals surface area (Å²) in [4.78, 5) is 1.72. The van der Waals surface area contributed by atoms with Crippen molar-refractivity contribution in [3.8, 4) is 0 Å². The van der Waals surface area contributed by atoms with Crippen LogP contribution in [-0.2, 0) is 18.3 Å². The van der Waals surface area contributed by atoms with Crippen molar-refractivity contribution in [3.63, 3.8) is 0 Å². The first-order valence-electron chi connectivity index (χ1n) is 5.98. The number of aryl methyl sites for hydroxylation is 1. The molecule has 1 aliphatic heterocycles. The van der Waals surface area contributed by atoms with Gasteiger partial charge in [0.1, 0.15) is 0 Å². The summed E-state index contributed by atoms with van der Waals surface area (Å²) < 4.78 is 45.2. The van der Waals surface area contributed by atoms with E-state index in [-0.39, 0.29) is 6.54 Å². The van der Waals surface area contributed by atoms with E-state index in [1.165, 1.54) is 0 Å². The molecule has 0 bridgehead atoms. The summed E-state index contributed by atoms with van der Waals surface area (Å²) >= 11 is 0. The molecule has 1 aromatic heterocycles. The van der Waals surface area contributed by atoms with Gasteiger partial charge in [-0.05, 0) is 13.8 Å². The Morgan fingerprint density at radius 1 is 1.47 bits per heavy atom. The van der Waals surface area contributed by atoms with Crippen LogP contribution in [0.15, 0.2) is 6.20 Å². The van der Waals surface area contributed by atoms with E-state index in [1.54, 1.807) is 36.7 Å². The van der Waals surface area contributed by atoms with Crippen molar-refractivity contribution in [1.29, 1.82) is 0 Å². The third kappa shape index (κ3) is 3.44. The number of morpholine rings is 1. The average Bonchev–Trinajstić information content (AvgIpc) is 2.60. The van der Waals surface area contributed by atoms with Gasteiger partial charge in [-0.3, -0.25) is 9.58 Å². The highest BCUT2D eigenvalue weighted by Gasteiger charge is 2.48. The van der Waals surface area contributed by atoms with E-state index < -0.39 is 17.9 Å². The Morgan fingerprint density at radius 2 is 2.16 bits per heavy atom. The lowest BCUT2D eigenvalue weighted by Gasteiger charge is -2.43. The molecular formula is C11H17F3N4O. The smallest absolute Gasteiger partial charge is 0.360 e. The average molecular weight is 278 g/mol. The molecule has 1 aliphatic rings. The van der Waals surface area contributed by atoms with Crippen LogP contribution < -0.4 is 0 Å². The number of hydrogen-bond donors (Lipinski definition) is 0. The van der Waals surface area contributed by atoms with Crippen LogP contribution in [-0.4, -0.2) is 50.9 Å². The lowest BCUT2D eigenvalue weighted by Crippen LogP contribution is -2.56. The maximum atomic E-state index is 12.8. The maximum Gasteiger partial charge on any atom is 0.415 e. The van der Waals surface area contributed by atoms with Crippen LogP contribution in [0.1, 0.15) is 19.5 Å². The Labute approximate surface area is 109 Å². The normalized spacial score (nSPS) is 24.6. The summed E-state index contributed by atoms with van der Waals surface area (Å²) in [6.45, 7) is 3.98. The van der Waals surface area contributed by atoms with Crippen LogP contribution in [0.5, 0.6) is 0 Å². The molecule has 0 aromatic carbocycles. The zero-order valence-corrected chi connectivity index (χ0v) is 11.1. The SMILES string of the molecule is Cn1nncc1CN1CC(C(F)(F)F)OC(C)(C)C1. The molecule has 108 valence electrons. The van der Waals surface area contributed by atoms with E-state index in [0.29, 0.717) is 13.1 Å². The van der Waals surface area contributed by atoms with Gasteiger partial charge in [0.2, 0.25) is 0 Å². The number of ether oxygens (including phenoxy) is 1. The predicted octanol–water partition coefficient (Wildman–Crippen LogP) is 1.36. The van der Waals surface area contributed by atoms with Crippen molar-refractivity contribution in [2.45, 2.75) is 38.3 Å². The molecule has 0 saturated carbocycles. The summed E-state index contributed by atoms with van der Waals surface area (Å²) in [6, 6.07) is 0. The molecule has 0 radical (unpaired) electrons. The molecule has 1 atom stereocenters. The number of hydrogen-bond acceptors (Lipinski definition) is 4. The highest BCUT2D eigenvalue weighted by Crippen LogP contribution is 2.32. The van der Waals surface area contributed by atoms with Crippen LogP contribution in [0, 0.1) is 0 Å². The van der Waals surface area contributed by atoms with Gasteiger partial charge < -0.3 is 4.74 Å². The second-order valence-corrected chi connectivity index (χ2v) is 5.43. The fourth-order valence-electron chi connectivity index (χ4n) is 2.27. The molecule has 0 N–H and O–H groups in total. The Hall–Kier alpha value is -1.15. The molecule has 2 heterocycles. The van der Waals surface area contributed by atoms with E-state index in [9.17, 15) is 13.2 Å². The predicted molar refractivity (Wildman–Crippen MR) is 61.3 cm³/mol. The first kappa shape index (κ1) is 14.3. The zero-order valence-electron chi connectivity index (χ0n) is 11.1. The number of aromatic nitrogens is 3. The van der Waals surface area contributed by atoms with Crippen molar-refractivity contribution in [2.75, 3.05) is 13.1 Å². The zero-order chi connectivity index (χ0) is 14.3. The topological polar surface area (TPSA) is 43.2 Å². The van der Waals surface area contributed by atoms with Crippen LogP contribution >= 0.6 is 0 Å². The van der Waals surface area contributed by atoms with Crippen LogP contribution in [0.25, 0.3) is 0 Å². The summed E-state index contributed by atoms with van der Waals surface area (Å²) in [5.74, 6) is 0. The third-order valence-electron chi connectivity index (χ3n) is 3.05. The Bertz CT molecular complexity index is 443. The first-order valence-corrected chi connectivity index (χ1v) is 5.98. The van der Waals surface area contributed by atoms with Crippen molar-refractivity contribution in [3.05, 3.63) is 11.9 Å². The van der Waals surface area contributed by atoms with Gasteiger partial charge in [0.05, 0.1) is 17.5 Å². The summed E-state index contributed by atoms with van der Waals surface area (Å²) in [6.07, 6.45) is -4.54. The molecule has 0 amide bonds. The first-order chi connectivity index (χ1) is 8.67. The van der Waals surface area contributed by atoms with E-state index in [1.807, 2.05) is 0 Å². The van der Waals surface area contributed by atoms with E-state index >= 15 is 0 Å². The molecule has 0 aliphatic carbocycles. The molecule has 1 saturated heterocycles. The second-order valence-electron chi connectivity index (χ2n) is 5.43. The monoisotopic (exact) mass is 278 g/mol. The minimum atomic E-state index is -4.35. The van der Waals surface area contributed by atoms with Gasteiger partial charge in [0.15, 0.2) is 6.10 Å². The standard InChI is InChI=1S/C11H17F3N4O/c1-10(2)7-18(5-8-4-15-16-17(8)3)6-9(19-10)11(12,13)14/h4,9H,5-7H2,1-3H3. The van der Waals surface area contributed by atoms with Crippen molar-refractivity contribution in [2.24, 2.45) is 7.05 Å². The van der Waals surface area contributed by atoms with Crippen molar-refractivity contribution < 1.29 is 17.9 Å². The van der Waals surface area contributed by atoms with Crippen LogP contribution in [0.2, 0.25) is 0 Å². The molecule has 19 heavy (non-hydrogen) atoms. The summed E-state index contributed by atoms with van der Waals surface area (Å²) in [5.41, 5.74) is -0.0524. The van der Waals surface area contributed by atoms with E-state index in [0.717, 1.165) is 5.69 Å². The fraction of sp³-hybridized carbons (Fsp3) is 0.818.